The van der Waals surface area contributed by atoms with Crippen LogP contribution in [0.3, 0.4) is 0 Å². The molecule has 4 aromatic rings. The van der Waals surface area contributed by atoms with E-state index in [1.54, 1.807) is 0 Å². The van der Waals surface area contributed by atoms with E-state index in [1.807, 2.05) is 0 Å². The Bertz CT molecular complexity index is 3040. The smallest absolute Gasteiger partial charge is 0.344 e. The van der Waals surface area contributed by atoms with E-state index in [0.29, 0.717) is 0 Å². The van der Waals surface area contributed by atoms with E-state index in [9.17, 15) is 52.7 Å². The molecule has 0 aliphatic heterocycles. The van der Waals surface area contributed by atoms with Crippen molar-refractivity contribution in [1.82, 2.24) is 0 Å². The van der Waals surface area contributed by atoms with Crippen LogP contribution in [0.25, 0.3) is 0 Å². The number of alkyl halides is 48. The minimum absolute atomic E-state index is 0. The van der Waals surface area contributed by atoms with Gasteiger partial charge in [-0.15, -0.1) is 0 Å². The van der Waals surface area contributed by atoms with Gasteiger partial charge in [0.2, 0.25) is 0 Å². The summed E-state index contributed by atoms with van der Waals surface area (Å²) in [5, 5.41) is 0. The Morgan fingerprint density at radius 1 is 0.186 bits per heavy atom. The maximum absolute atomic E-state index is 15.5. The van der Waals surface area contributed by atoms with Gasteiger partial charge in [-0.2, -0.15) is 233 Å². The van der Waals surface area contributed by atoms with Gasteiger partial charge in [0, 0.05) is 0 Å². The molecule has 4 rings (SSSR count). The molecule has 4 nitrogen and oxygen atoms in total. The van der Waals surface area contributed by atoms with Crippen molar-refractivity contribution in [3.63, 3.8) is 0 Å². The minimum Gasteiger partial charge on any atom is -0.344 e. The van der Waals surface area contributed by atoms with Gasteiger partial charge in [-0.05, 0) is 46.5 Å². The molecule has 0 aromatic heterocycles. The monoisotopic (exact) mass is 1690 g/mol. The molecule has 0 atom stereocenters. The minimum atomic E-state index is -8.37. The van der Waals surface area contributed by atoms with Crippen LogP contribution < -0.4 is 21.9 Å². The Kier molecular flexibility index (Phi) is 24.1. The van der Waals surface area contributed by atoms with E-state index in [0.717, 1.165) is 0 Å². The fourth-order valence-electron chi connectivity index (χ4n) is 9.93. The van der Waals surface area contributed by atoms with Crippen LogP contribution in [0, 0.1) is 0 Å². The summed E-state index contributed by atoms with van der Waals surface area (Å²) in [5.74, 6) is 0. The fourth-order valence-corrected chi connectivity index (χ4v) is 9.93. The predicted molar refractivity (Wildman–Crippen MR) is 233 cm³/mol. The van der Waals surface area contributed by atoms with Crippen LogP contribution in [-0.2, 0) is 88.4 Å². The zero-order valence-electron chi connectivity index (χ0n) is 46.4. The van der Waals surface area contributed by atoms with Gasteiger partial charge >= 0.3 is 121 Å². The van der Waals surface area contributed by atoms with E-state index in [4.69, 9.17) is 0 Å². The van der Waals surface area contributed by atoms with Crippen LogP contribution >= 0.6 is 0 Å². The molecule has 0 amide bonds. The third-order valence-electron chi connectivity index (χ3n) is 13.8. The summed E-state index contributed by atoms with van der Waals surface area (Å²) in [6.07, 6.45) is -133. The molecule has 0 heterocycles. The van der Waals surface area contributed by atoms with E-state index in [1.165, 1.54) is 0 Å². The second-order valence-corrected chi connectivity index (χ2v) is 20.6. The molecule has 0 spiro atoms. The van der Waals surface area contributed by atoms with E-state index in [-0.39, 0.29) is 22.4 Å². The van der Waals surface area contributed by atoms with Gasteiger partial charge in [-0.25, -0.2) is 0 Å². The van der Waals surface area contributed by atoms with Crippen molar-refractivity contribution in [2.75, 3.05) is 26.4 Å². The predicted octanol–water partition coefficient (Wildman–Crippen LogP) is 18.7. The molecular formula is C48H20AgBF48O4. The van der Waals surface area contributed by atoms with Crippen LogP contribution in [0.1, 0.15) is 44.5 Å². The first-order chi connectivity index (χ1) is 44.1. The number of rotatable bonds is 16. The standard InChI is InChI=1S/C48H20BF48O4.Ag/c50-29(51,52)13-98-33(41(74,75)76,42(77,78)79)17-1-21(37(62,63)64)9-25(5-17)49(26-6-18(2-22(10-26)38(65,66)67)34(43(80,81)82,44(83,84)85)99-14-30(53,54)55,27-7-19(3-23(11-27)39(68,69)70)35(45(86,87)88,46(89,90)91)100-15-31(56,57)58)28-8-20(4-24(12-28)40(71,72)73)36(47(92,93)94,48(95,96)97)101-16-32(59,60)61;/h1-12H,13-16H2;/q-1;+1. The summed E-state index contributed by atoms with van der Waals surface area (Å²) < 4.78 is 732. The number of hydrogen-bond donors (Lipinski definition) is 0. The Labute approximate surface area is 544 Å². The molecule has 0 unspecified atom stereocenters. The summed E-state index contributed by atoms with van der Waals surface area (Å²) in [7, 11) is 0. The van der Waals surface area contributed by atoms with Crippen LogP contribution in [-0.4, -0.2) is 107 Å². The molecule has 0 bridgehead atoms. The van der Waals surface area contributed by atoms with Crippen molar-refractivity contribution in [1.29, 1.82) is 0 Å². The Balaban J connectivity index is 0.0000270. The van der Waals surface area contributed by atoms with E-state index >= 15 is 158 Å². The van der Waals surface area contributed by atoms with Gasteiger partial charge < -0.3 is 18.9 Å². The first-order valence-corrected chi connectivity index (χ1v) is 24.5. The molecule has 0 N–H and O–H groups in total. The second-order valence-electron chi connectivity index (χ2n) is 20.6. The van der Waals surface area contributed by atoms with Crippen molar-refractivity contribution < 1.29 is 252 Å². The van der Waals surface area contributed by atoms with Crippen LogP contribution in [0.2, 0.25) is 0 Å². The number of halogens is 48. The van der Waals surface area contributed by atoms with Crippen LogP contribution in [0.4, 0.5) is 211 Å². The summed E-state index contributed by atoms with van der Waals surface area (Å²) in [6.45, 7) is -17.6. The average Bonchev–Trinajstić information content (AvgIpc) is 0.694. The van der Waals surface area contributed by atoms with Gasteiger partial charge in [0.25, 0.3) is 22.4 Å². The molecule has 0 saturated heterocycles. The molecule has 54 heteroatoms. The van der Waals surface area contributed by atoms with Gasteiger partial charge in [-0.3, -0.25) is 0 Å². The molecule has 0 fully saturated rings. The topological polar surface area (TPSA) is 36.9 Å². The van der Waals surface area contributed by atoms with Crippen LogP contribution in [0.15, 0.2) is 72.8 Å². The zero-order chi connectivity index (χ0) is 79.6. The van der Waals surface area contributed by atoms with Gasteiger partial charge in [0.1, 0.15) is 32.6 Å². The molecule has 0 aliphatic carbocycles. The number of ether oxygens (including phenoxy) is 4. The normalized spacial score (nSPS) is 15.3. The van der Waals surface area contributed by atoms with Crippen molar-refractivity contribution in [3.05, 3.63) is 117 Å². The molecule has 0 radical (unpaired) electrons. The average molecular weight is 1690 g/mol. The quantitative estimate of drug-likeness (QED) is 0.0828. The SMILES string of the molecule is FC(F)(F)COC(c1cc([B-](c2cc(C(F)(F)F)cc(C(OCC(F)(F)F)(C(F)(F)F)C(F)(F)F)c2)(c2cc(C(F)(F)F)cc(C(OCC(F)(F)F)(C(F)(F)F)C(F)(F)F)c2)c2cc(C(F)(F)F)cc(C(OCC(F)(F)F)(C(F)(F)F)C(F)(F)F)c2)cc(C(F)(F)F)c1)(C(F)(F)F)C(F)(F)F.[Ag+]. The zero-order valence-corrected chi connectivity index (χ0v) is 47.9. The molecule has 0 aliphatic rings. The van der Waals surface area contributed by atoms with Gasteiger partial charge in [-0.1, -0.05) is 48.5 Å². The number of hydrogen-bond acceptors (Lipinski definition) is 4. The van der Waals surface area contributed by atoms with Crippen molar-refractivity contribution in [2.45, 2.75) is 121 Å². The van der Waals surface area contributed by atoms with Crippen molar-refractivity contribution >= 4 is 28.0 Å². The summed E-state index contributed by atoms with van der Waals surface area (Å²) in [5.41, 5.74) is -81.6. The first kappa shape index (κ1) is 90.4. The summed E-state index contributed by atoms with van der Waals surface area (Å²) in [6, 6.07) is -25.4. The Hall–Kier alpha value is -5.83. The largest absolute Gasteiger partial charge is 1.00 e. The molecule has 102 heavy (non-hydrogen) atoms. The van der Waals surface area contributed by atoms with E-state index in [2.05, 4.69) is 18.9 Å². The third kappa shape index (κ3) is 17.8. The molecule has 4 aromatic carbocycles. The number of benzene rings is 4. The van der Waals surface area contributed by atoms with Crippen LogP contribution in [0.5, 0.6) is 0 Å². The third-order valence-corrected chi connectivity index (χ3v) is 13.8. The Morgan fingerprint density at radius 2 is 0.304 bits per heavy atom. The maximum Gasteiger partial charge on any atom is 1.00 e. The van der Waals surface area contributed by atoms with Gasteiger partial charge in [0.15, 0.2) is 0 Å². The van der Waals surface area contributed by atoms with Gasteiger partial charge in [0.05, 0.1) is 22.3 Å². The first-order valence-electron chi connectivity index (χ1n) is 24.5. The fraction of sp³-hybridized carbons (Fsp3) is 0.500. The molecule has 586 valence electrons. The molecule has 0 saturated carbocycles. The molecular weight excluding hydrogens is 1670 g/mol. The van der Waals surface area contributed by atoms with Crippen molar-refractivity contribution in [3.8, 4) is 0 Å². The van der Waals surface area contributed by atoms with Crippen molar-refractivity contribution in [2.24, 2.45) is 0 Å². The van der Waals surface area contributed by atoms with E-state index < -0.39 is 293 Å². The maximum atomic E-state index is 15.5. The Morgan fingerprint density at radius 3 is 0.402 bits per heavy atom. The second kappa shape index (κ2) is 27.2. The summed E-state index contributed by atoms with van der Waals surface area (Å²) in [4.78, 5) is 0. The summed E-state index contributed by atoms with van der Waals surface area (Å²) >= 11 is 0.